The van der Waals surface area contributed by atoms with Crippen molar-refractivity contribution in [3.05, 3.63) is 49.8 Å². The topological polar surface area (TPSA) is 85.1 Å². The number of nitrogens with one attached hydrogen (secondary N) is 1. The van der Waals surface area contributed by atoms with E-state index in [-0.39, 0.29) is 29.0 Å². The van der Waals surface area contributed by atoms with E-state index in [9.17, 15) is 14.9 Å². The monoisotopic (exact) mass is 297 g/mol. The fourth-order valence-electron chi connectivity index (χ4n) is 1.42. The van der Waals surface area contributed by atoms with Crippen molar-refractivity contribution in [2.45, 2.75) is 6.42 Å². The molecule has 0 bridgehead atoms. The van der Waals surface area contributed by atoms with Crippen LogP contribution in [0.4, 0.5) is 11.5 Å². The van der Waals surface area contributed by atoms with E-state index < -0.39 is 4.92 Å². The van der Waals surface area contributed by atoms with E-state index in [4.69, 9.17) is 11.6 Å². The molecule has 1 N–H and O–H groups in total. The molecule has 0 unspecified atom stereocenters. The normalized spacial score (nSPS) is 10.2. The minimum Gasteiger partial charge on any atom is -0.305 e. The third-order valence-electron chi connectivity index (χ3n) is 2.24. The van der Waals surface area contributed by atoms with Gasteiger partial charge in [0.25, 0.3) is 0 Å². The molecule has 0 aromatic carbocycles. The van der Waals surface area contributed by atoms with Gasteiger partial charge in [-0.05, 0) is 28.5 Å². The molecular weight excluding hydrogens is 290 g/mol. The Bertz CT molecular complexity index is 616. The Morgan fingerprint density at radius 1 is 1.47 bits per heavy atom. The molecule has 2 aromatic heterocycles. The van der Waals surface area contributed by atoms with Crippen molar-refractivity contribution in [2.24, 2.45) is 0 Å². The van der Waals surface area contributed by atoms with Gasteiger partial charge in [-0.15, -0.1) is 0 Å². The van der Waals surface area contributed by atoms with Crippen LogP contribution in [-0.2, 0) is 11.2 Å². The van der Waals surface area contributed by atoms with Gasteiger partial charge >= 0.3 is 5.69 Å². The Hall–Kier alpha value is -1.99. The van der Waals surface area contributed by atoms with Crippen LogP contribution in [0.5, 0.6) is 0 Å². The standard InChI is InChI=1S/C11H8ClN3O3S/c12-9-2-1-8(15(17)18)11(13-9)14-10(16)5-7-3-4-19-6-7/h1-4,6H,5H2,(H,13,14,16). The fraction of sp³-hybridized carbons (Fsp3) is 0.0909. The van der Waals surface area contributed by atoms with E-state index in [1.165, 1.54) is 23.5 Å². The minimum atomic E-state index is -0.621. The number of thiophene rings is 1. The van der Waals surface area contributed by atoms with Crippen LogP contribution in [0.25, 0.3) is 0 Å². The number of carbonyl (C=O) groups is 1. The minimum absolute atomic E-state index is 0.0800. The van der Waals surface area contributed by atoms with Crippen LogP contribution < -0.4 is 5.32 Å². The first kappa shape index (κ1) is 13.4. The first-order valence-electron chi connectivity index (χ1n) is 5.18. The second-order valence-electron chi connectivity index (χ2n) is 3.62. The lowest BCUT2D eigenvalue weighted by molar-refractivity contribution is -0.384. The van der Waals surface area contributed by atoms with Crippen molar-refractivity contribution in [2.75, 3.05) is 5.32 Å². The summed E-state index contributed by atoms with van der Waals surface area (Å²) in [5, 5.41) is 17.0. The van der Waals surface area contributed by atoms with Crippen LogP contribution >= 0.6 is 22.9 Å². The van der Waals surface area contributed by atoms with E-state index in [2.05, 4.69) is 10.3 Å². The molecular formula is C11H8ClN3O3S. The number of carbonyl (C=O) groups excluding carboxylic acids is 1. The van der Waals surface area contributed by atoms with E-state index in [1.807, 2.05) is 16.8 Å². The molecule has 1 amide bonds. The predicted octanol–water partition coefficient (Wildman–Crippen LogP) is 2.89. The summed E-state index contributed by atoms with van der Waals surface area (Å²) in [7, 11) is 0. The van der Waals surface area contributed by atoms with Crippen LogP contribution in [0.1, 0.15) is 5.56 Å². The van der Waals surface area contributed by atoms with Gasteiger partial charge in [0.05, 0.1) is 11.3 Å². The quantitative estimate of drug-likeness (QED) is 0.534. The Labute approximate surface area is 117 Å². The lowest BCUT2D eigenvalue weighted by Gasteiger charge is -2.04. The first-order valence-corrected chi connectivity index (χ1v) is 6.50. The third-order valence-corrected chi connectivity index (χ3v) is 3.18. The third kappa shape index (κ3) is 3.49. The average molecular weight is 298 g/mol. The number of halogens is 1. The summed E-state index contributed by atoms with van der Waals surface area (Å²) < 4.78 is 0. The number of hydrogen-bond donors (Lipinski definition) is 1. The van der Waals surface area contributed by atoms with Gasteiger partial charge in [-0.25, -0.2) is 4.98 Å². The highest BCUT2D eigenvalue weighted by molar-refractivity contribution is 7.08. The Kier molecular flexibility index (Phi) is 4.08. The summed E-state index contributed by atoms with van der Waals surface area (Å²) in [6, 6.07) is 4.31. The maximum Gasteiger partial charge on any atom is 0.311 e. The highest BCUT2D eigenvalue weighted by atomic mass is 35.5. The van der Waals surface area contributed by atoms with Gasteiger partial charge in [0, 0.05) is 6.07 Å². The summed E-state index contributed by atoms with van der Waals surface area (Å²) in [6.07, 6.45) is 0.134. The fourth-order valence-corrected chi connectivity index (χ4v) is 2.24. The van der Waals surface area contributed by atoms with Crippen molar-refractivity contribution in [3.8, 4) is 0 Å². The van der Waals surface area contributed by atoms with E-state index in [0.29, 0.717) is 0 Å². The highest BCUT2D eigenvalue weighted by Gasteiger charge is 2.18. The molecule has 0 atom stereocenters. The molecule has 0 spiro atoms. The number of pyridine rings is 1. The molecule has 98 valence electrons. The largest absolute Gasteiger partial charge is 0.311 e. The van der Waals surface area contributed by atoms with Crippen LogP contribution in [0.3, 0.4) is 0 Å². The van der Waals surface area contributed by atoms with Crippen LogP contribution in [0, 0.1) is 10.1 Å². The van der Waals surface area contributed by atoms with Crippen molar-refractivity contribution in [1.82, 2.24) is 4.98 Å². The molecule has 0 aliphatic heterocycles. The van der Waals surface area contributed by atoms with Gasteiger partial charge in [0.1, 0.15) is 5.15 Å². The SMILES string of the molecule is O=C(Cc1ccsc1)Nc1nc(Cl)ccc1[N+](=O)[O-]. The molecule has 0 radical (unpaired) electrons. The number of nitrogens with zero attached hydrogens (tertiary/aromatic N) is 2. The number of rotatable bonds is 4. The summed E-state index contributed by atoms with van der Waals surface area (Å²) in [6.45, 7) is 0. The number of aromatic nitrogens is 1. The lowest BCUT2D eigenvalue weighted by atomic mass is 10.2. The van der Waals surface area contributed by atoms with Gasteiger partial charge in [-0.2, -0.15) is 11.3 Å². The van der Waals surface area contributed by atoms with Crippen molar-refractivity contribution in [3.63, 3.8) is 0 Å². The average Bonchev–Trinajstić information content (AvgIpc) is 2.81. The van der Waals surface area contributed by atoms with Crippen molar-refractivity contribution < 1.29 is 9.72 Å². The molecule has 6 nitrogen and oxygen atoms in total. The predicted molar refractivity (Wildman–Crippen MR) is 72.6 cm³/mol. The number of nitro groups is 1. The zero-order valence-corrected chi connectivity index (χ0v) is 11.1. The summed E-state index contributed by atoms with van der Waals surface area (Å²) >= 11 is 7.14. The molecule has 2 rings (SSSR count). The molecule has 0 saturated heterocycles. The maximum atomic E-state index is 11.8. The number of anilines is 1. The van der Waals surface area contributed by atoms with Crippen LogP contribution in [0.15, 0.2) is 29.0 Å². The molecule has 0 aliphatic carbocycles. The van der Waals surface area contributed by atoms with E-state index in [0.717, 1.165) is 5.56 Å². The van der Waals surface area contributed by atoms with Gasteiger partial charge in [0.15, 0.2) is 0 Å². The van der Waals surface area contributed by atoms with Crippen LogP contribution in [0.2, 0.25) is 5.15 Å². The Morgan fingerprint density at radius 2 is 2.26 bits per heavy atom. The van der Waals surface area contributed by atoms with E-state index >= 15 is 0 Å². The smallest absolute Gasteiger partial charge is 0.305 e. The molecule has 0 saturated carbocycles. The summed E-state index contributed by atoms with van der Waals surface area (Å²) in [5.74, 6) is -0.519. The van der Waals surface area contributed by atoms with Gasteiger partial charge in [0.2, 0.25) is 11.7 Å². The van der Waals surface area contributed by atoms with Gasteiger partial charge < -0.3 is 5.32 Å². The number of hydrogen-bond acceptors (Lipinski definition) is 5. The van der Waals surface area contributed by atoms with Gasteiger partial charge in [-0.1, -0.05) is 11.6 Å². The second kappa shape index (κ2) is 5.77. The maximum absolute atomic E-state index is 11.8. The summed E-state index contributed by atoms with van der Waals surface area (Å²) in [5.41, 5.74) is 0.551. The molecule has 8 heteroatoms. The van der Waals surface area contributed by atoms with Crippen LogP contribution in [-0.4, -0.2) is 15.8 Å². The zero-order valence-electron chi connectivity index (χ0n) is 9.50. The summed E-state index contributed by atoms with van der Waals surface area (Å²) in [4.78, 5) is 25.7. The number of amides is 1. The van der Waals surface area contributed by atoms with Crippen molar-refractivity contribution >= 4 is 40.4 Å². The molecule has 0 fully saturated rings. The Morgan fingerprint density at radius 3 is 2.89 bits per heavy atom. The first-order chi connectivity index (χ1) is 9.06. The van der Waals surface area contributed by atoms with E-state index in [1.54, 1.807) is 0 Å². The highest BCUT2D eigenvalue weighted by Crippen LogP contribution is 2.24. The lowest BCUT2D eigenvalue weighted by Crippen LogP contribution is -2.16. The Balaban J connectivity index is 2.16. The second-order valence-corrected chi connectivity index (χ2v) is 4.78. The molecule has 19 heavy (non-hydrogen) atoms. The molecule has 0 aliphatic rings. The molecule has 2 aromatic rings. The molecule has 2 heterocycles. The van der Waals surface area contributed by atoms with Crippen molar-refractivity contribution in [1.29, 1.82) is 0 Å². The zero-order chi connectivity index (χ0) is 13.8. The van der Waals surface area contributed by atoms with Gasteiger partial charge in [-0.3, -0.25) is 14.9 Å².